The molecule has 0 aliphatic carbocycles. The number of anilines is 1. The summed E-state index contributed by atoms with van der Waals surface area (Å²) in [7, 11) is 0. The molecule has 5 rings (SSSR count). The summed E-state index contributed by atoms with van der Waals surface area (Å²) in [5, 5.41) is 5.68. The van der Waals surface area contributed by atoms with Crippen molar-refractivity contribution in [3.63, 3.8) is 0 Å². The fraction of sp³-hybridized carbons (Fsp3) is 0.0833. The second-order valence-corrected chi connectivity index (χ2v) is 8.38. The van der Waals surface area contributed by atoms with Gasteiger partial charge in [0.05, 0.1) is 23.6 Å². The van der Waals surface area contributed by atoms with E-state index >= 15 is 0 Å². The molecule has 0 saturated heterocycles. The van der Waals surface area contributed by atoms with Crippen molar-refractivity contribution in [3.05, 3.63) is 93.6 Å². The third kappa shape index (κ3) is 4.26. The van der Waals surface area contributed by atoms with Crippen molar-refractivity contribution < 1.29 is 9.53 Å². The first-order valence-electron chi connectivity index (χ1n) is 9.75. The lowest BCUT2D eigenvalue weighted by Crippen LogP contribution is -2.25. The van der Waals surface area contributed by atoms with Crippen molar-refractivity contribution in [1.29, 1.82) is 0 Å². The van der Waals surface area contributed by atoms with Gasteiger partial charge >= 0.3 is 0 Å². The number of aromatic nitrogens is 1. The minimum Gasteiger partial charge on any atom is -0.482 e. The maximum absolute atomic E-state index is 11.8. The molecular weight excluding hydrogens is 430 g/mol. The topological polar surface area (TPSA) is 55.6 Å². The number of hydrogen-bond acceptors (Lipinski definition) is 4. The summed E-state index contributed by atoms with van der Waals surface area (Å²) < 4.78 is 7.68. The molecule has 1 aromatic heterocycles. The first kappa shape index (κ1) is 19.6. The molecule has 2 heterocycles. The molecule has 1 N–H and O–H groups in total. The highest BCUT2D eigenvalue weighted by Gasteiger charge is 2.18. The molecule has 0 bridgehead atoms. The Morgan fingerprint density at radius 1 is 1.06 bits per heavy atom. The van der Waals surface area contributed by atoms with E-state index in [0.717, 1.165) is 27.3 Å². The van der Waals surface area contributed by atoms with E-state index in [1.54, 1.807) is 11.3 Å². The van der Waals surface area contributed by atoms with Crippen LogP contribution in [0.5, 0.6) is 5.75 Å². The fourth-order valence-electron chi connectivity index (χ4n) is 3.43. The Morgan fingerprint density at radius 3 is 2.68 bits per heavy atom. The molecule has 7 heteroatoms. The Bertz CT molecular complexity index is 1310. The molecule has 1 amide bonds. The van der Waals surface area contributed by atoms with Crippen LogP contribution in [0.25, 0.3) is 11.3 Å². The number of halogens is 1. The maximum atomic E-state index is 11.8. The highest BCUT2D eigenvalue weighted by Crippen LogP contribution is 2.33. The van der Waals surface area contributed by atoms with Crippen LogP contribution >= 0.6 is 22.9 Å². The number of para-hydroxylation sites is 1. The van der Waals surface area contributed by atoms with E-state index < -0.39 is 0 Å². The number of thiazole rings is 1. The number of nitrogens with zero attached hydrogens (tertiary/aromatic N) is 2. The lowest BCUT2D eigenvalue weighted by atomic mass is 10.1. The van der Waals surface area contributed by atoms with Crippen LogP contribution in [-0.2, 0) is 11.3 Å². The average molecular weight is 448 g/mol. The molecule has 31 heavy (non-hydrogen) atoms. The Balaban J connectivity index is 1.62. The van der Waals surface area contributed by atoms with Gasteiger partial charge in [-0.2, -0.15) is 0 Å². The number of carbonyl (C=O) groups excluding carboxylic acids is 1. The third-order valence-electron chi connectivity index (χ3n) is 4.94. The van der Waals surface area contributed by atoms with E-state index in [0.29, 0.717) is 23.0 Å². The first-order chi connectivity index (χ1) is 15.2. The van der Waals surface area contributed by atoms with Crippen LogP contribution in [-0.4, -0.2) is 17.1 Å². The lowest BCUT2D eigenvalue weighted by Gasteiger charge is -2.19. The highest BCUT2D eigenvalue weighted by atomic mass is 35.5. The van der Waals surface area contributed by atoms with Gasteiger partial charge in [-0.3, -0.25) is 4.79 Å². The molecule has 0 unspecified atom stereocenters. The number of ether oxygens (including phenoxy) is 1. The van der Waals surface area contributed by atoms with E-state index in [9.17, 15) is 4.79 Å². The van der Waals surface area contributed by atoms with Crippen molar-refractivity contribution in [3.8, 4) is 17.0 Å². The van der Waals surface area contributed by atoms with Crippen molar-refractivity contribution in [1.82, 2.24) is 4.57 Å². The monoisotopic (exact) mass is 447 g/mol. The van der Waals surface area contributed by atoms with Gasteiger partial charge in [0.25, 0.3) is 5.91 Å². The molecular formula is C24H18ClN3O2S. The molecule has 3 aromatic carbocycles. The van der Waals surface area contributed by atoms with E-state index in [1.807, 2.05) is 72.8 Å². The molecule has 1 aliphatic heterocycles. The van der Waals surface area contributed by atoms with Crippen LogP contribution in [0.2, 0.25) is 5.02 Å². The van der Waals surface area contributed by atoms with Gasteiger partial charge in [-0.05, 0) is 48.0 Å². The standard InChI is InChI=1S/C24H18ClN3O2S/c25-18-9-6-16(7-10-18)13-28-21(15-31-24(28)26-19-4-2-1-3-5-19)17-8-11-22-20(12-17)27-23(29)14-30-22/h1-12,15H,13-14H2,(H,27,29). The highest BCUT2D eigenvalue weighted by molar-refractivity contribution is 7.07. The summed E-state index contributed by atoms with van der Waals surface area (Å²) in [6, 6.07) is 23.6. The Labute approximate surface area is 188 Å². The number of amides is 1. The molecule has 0 atom stereocenters. The van der Waals surface area contributed by atoms with Crippen LogP contribution in [0.15, 0.2) is 83.2 Å². The fourth-order valence-corrected chi connectivity index (χ4v) is 4.48. The van der Waals surface area contributed by atoms with Gasteiger partial charge in [0.2, 0.25) is 0 Å². The second-order valence-electron chi connectivity index (χ2n) is 7.11. The van der Waals surface area contributed by atoms with Gasteiger partial charge in [0, 0.05) is 16.0 Å². The van der Waals surface area contributed by atoms with Gasteiger partial charge in [0.1, 0.15) is 5.75 Å². The van der Waals surface area contributed by atoms with Crippen LogP contribution in [0.1, 0.15) is 5.56 Å². The summed E-state index contributed by atoms with van der Waals surface area (Å²) in [6.45, 7) is 0.684. The lowest BCUT2D eigenvalue weighted by molar-refractivity contribution is -0.118. The van der Waals surface area contributed by atoms with Crippen molar-refractivity contribution in [2.45, 2.75) is 6.54 Å². The number of benzene rings is 3. The zero-order valence-corrected chi connectivity index (χ0v) is 18.0. The normalized spacial score (nSPS) is 13.5. The zero-order chi connectivity index (χ0) is 21.2. The first-order valence-corrected chi connectivity index (χ1v) is 11.0. The Hall–Kier alpha value is -3.35. The maximum Gasteiger partial charge on any atom is 0.262 e. The predicted molar refractivity (Wildman–Crippen MR) is 124 cm³/mol. The molecule has 5 nitrogen and oxygen atoms in total. The van der Waals surface area contributed by atoms with Gasteiger partial charge in [0.15, 0.2) is 11.4 Å². The Morgan fingerprint density at radius 2 is 1.87 bits per heavy atom. The average Bonchev–Trinajstić information content (AvgIpc) is 3.17. The molecule has 154 valence electrons. The zero-order valence-electron chi connectivity index (χ0n) is 16.4. The minimum atomic E-state index is -0.149. The molecule has 4 aromatic rings. The number of fused-ring (bicyclic) bond motifs is 1. The third-order valence-corrected chi connectivity index (χ3v) is 6.06. The predicted octanol–water partition coefficient (Wildman–Crippen LogP) is 5.48. The minimum absolute atomic E-state index is 0.0431. The van der Waals surface area contributed by atoms with E-state index in [2.05, 4.69) is 15.3 Å². The van der Waals surface area contributed by atoms with Gasteiger partial charge in [-0.1, -0.05) is 41.9 Å². The van der Waals surface area contributed by atoms with Gasteiger partial charge < -0.3 is 14.6 Å². The van der Waals surface area contributed by atoms with E-state index in [1.165, 1.54) is 0 Å². The molecule has 0 radical (unpaired) electrons. The summed E-state index contributed by atoms with van der Waals surface area (Å²) >= 11 is 7.65. The molecule has 0 spiro atoms. The Kier molecular flexibility index (Phi) is 5.32. The quantitative estimate of drug-likeness (QED) is 0.450. The van der Waals surface area contributed by atoms with E-state index in [4.69, 9.17) is 21.3 Å². The van der Waals surface area contributed by atoms with Crippen LogP contribution in [0.3, 0.4) is 0 Å². The van der Waals surface area contributed by atoms with Crippen LogP contribution in [0, 0.1) is 0 Å². The van der Waals surface area contributed by atoms with E-state index in [-0.39, 0.29) is 12.5 Å². The second kappa shape index (κ2) is 8.41. The number of carbonyl (C=O) groups is 1. The van der Waals surface area contributed by atoms with Crippen LogP contribution in [0.4, 0.5) is 11.4 Å². The van der Waals surface area contributed by atoms with Crippen LogP contribution < -0.4 is 14.9 Å². The van der Waals surface area contributed by atoms with Gasteiger partial charge in [-0.15, -0.1) is 11.3 Å². The molecule has 1 aliphatic rings. The smallest absolute Gasteiger partial charge is 0.262 e. The molecule has 0 fully saturated rings. The van der Waals surface area contributed by atoms with Gasteiger partial charge in [-0.25, -0.2) is 4.99 Å². The molecule has 0 saturated carbocycles. The number of hydrogen-bond donors (Lipinski definition) is 1. The number of rotatable bonds is 4. The van der Waals surface area contributed by atoms with Crippen molar-refractivity contribution in [2.75, 3.05) is 11.9 Å². The summed E-state index contributed by atoms with van der Waals surface area (Å²) in [4.78, 5) is 17.5. The summed E-state index contributed by atoms with van der Waals surface area (Å²) in [5.74, 6) is 0.529. The number of nitrogens with one attached hydrogen (secondary N) is 1. The SMILES string of the molecule is O=C1COc2ccc(-c3csc(=Nc4ccccc4)n3Cc3ccc(Cl)cc3)cc2N1. The summed E-state index contributed by atoms with van der Waals surface area (Å²) in [5.41, 5.74) is 4.68. The summed E-state index contributed by atoms with van der Waals surface area (Å²) in [6.07, 6.45) is 0. The van der Waals surface area contributed by atoms with Crippen molar-refractivity contribution >= 4 is 40.2 Å². The largest absolute Gasteiger partial charge is 0.482 e. The van der Waals surface area contributed by atoms with Crippen molar-refractivity contribution in [2.24, 2.45) is 4.99 Å².